The molecule has 2 N–H and O–H groups in total. The van der Waals surface area contributed by atoms with E-state index < -0.39 is 0 Å². The molecule has 3 heterocycles. The number of fused-ring (bicyclic) bond motifs is 1. The number of hydrogen-bond donors (Lipinski definition) is 2. The van der Waals surface area contributed by atoms with Crippen molar-refractivity contribution in [2.24, 2.45) is 7.05 Å². The van der Waals surface area contributed by atoms with Gasteiger partial charge in [0, 0.05) is 70.5 Å². The minimum absolute atomic E-state index is 0.0830. The van der Waals surface area contributed by atoms with Crippen LogP contribution in [0.5, 0.6) is 0 Å². The van der Waals surface area contributed by atoms with Crippen molar-refractivity contribution in [1.29, 1.82) is 0 Å². The number of nitrogens with zero attached hydrogens (tertiary/aromatic N) is 6. The van der Waals surface area contributed by atoms with E-state index in [4.69, 9.17) is 0 Å². The third-order valence-corrected chi connectivity index (χ3v) is 8.31. The Morgan fingerprint density at radius 1 is 0.841 bits per heavy atom. The molecule has 0 atom stereocenters. The lowest BCUT2D eigenvalue weighted by atomic mass is 10.1. The molecule has 1 aliphatic heterocycles. The third-order valence-electron chi connectivity index (χ3n) is 8.31. The van der Waals surface area contributed by atoms with Crippen molar-refractivity contribution in [2.75, 3.05) is 46.3 Å². The summed E-state index contributed by atoms with van der Waals surface area (Å²) < 4.78 is 3.74. The lowest BCUT2D eigenvalue weighted by molar-refractivity contribution is 0.0936. The van der Waals surface area contributed by atoms with E-state index in [0.717, 1.165) is 66.3 Å². The molecule has 44 heavy (non-hydrogen) atoms. The number of aromatic nitrogens is 4. The Morgan fingerprint density at radius 3 is 2.39 bits per heavy atom. The van der Waals surface area contributed by atoms with Gasteiger partial charge in [0.05, 0.1) is 28.5 Å². The van der Waals surface area contributed by atoms with Crippen LogP contribution in [0.15, 0.2) is 85.3 Å². The molecular formula is C34H38N8O2. The van der Waals surface area contributed by atoms with Gasteiger partial charge < -0.3 is 15.5 Å². The van der Waals surface area contributed by atoms with E-state index in [0.29, 0.717) is 30.6 Å². The number of hydrogen-bond acceptors (Lipinski definition) is 6. The SMILES string of the molecule is CN1CCN(CCNC(=O)c2ccc3ncn(-c4ccc(CNC(=O)c5cnn(C)c5Cc5ccccc5)cc4)c3c2)CC1. The molecule has 1 fully saturated rings. The summed E-state index contributed by atoms with van der Waals surface area (Å²) in [5.74, 6) is -0.233. The van der Waals surface area contributed by atoms with Crippen molar-refractivity contribution in [3.8, 4) is 5.69 Å². The zero-order chi connectivity index (χ0) is 30.5. The molecule has 1 aliphatic rings. The van der Waals surface area contributed by atoms with E-state index in [1.165, 1.54) is 0 Å². The number of benzene rings is 3. The maximum atomic E-state index is 13.1. The molecule has 2 amide bonds. The van der Waals surface area contributed by atoms with Crippen molar-refractivity contribution < 1.29 is 9.59 Å². The van der Waals surface area contributed by atoms with Gasteiger partial charge in [-0.3, -0.25) is 23.7 Å². The minimum Gasteiger partial charge on any atom is -0.351 e. The predicted molar refractivity (Wildman–Crippen MR) is 171 cm³/mol. The van der Waals surface area contributed by atoms with Gasteiger partial charge in [-0.2, -0.15) is 5.10 Å². The number of amides is 2. The lowest BCUT2D eigenvalue weighted by Gasteiger charge is -2.32. The van der Waals surface area contributed by atoms with Gasteiger partial charge in [-0.15, -0.1) is 0 Å². The van der Waals surface area contributed by atoms with Crippen LogP contribution in [0, 0.1) is 0 Å². The second kappa shape index (κ2) is 13.2. The van der Waals surface area contributed by atoms with Gasteiger partial charge >= 0.3 is 0 Å². The van der Waals surface area contributed by atoms with Gasteiger partial charge in [0.15, 0.2) is 0 Å². The largest absolute Gasteiger partial charge is 0.351 e. The zero-order valence-electron chi connectivity index (χ0n) is 25.2. The molecule has 10 heteroatoms. The van der Waals surface area contributed by atoms with Crippen LogP contribution < -0.4 is 10.6 Å². The summed E-state index contributed by atoms with van der Waals surface area (Å²) in [4.78, 5) is 35.3. The monoisotopic (exact) mass is 590 g/mol. The molecule has 10 nitrogen and oxygen atoms in total. The Balaban J connectivity index is 1.07. The van der Waals surface area contributed by atoms with Gasteiger partial charge in [0.1, 0.15) is 6.33 Å². The normalized spacial score (nSPS) is 14.1. The highest BCUT2D eigenvalue weighted by Gasteiger charge is 2.17. The molecule has 2 aromatic heterocycles. The summed E-state index contributed by atoms with van der Waals surface area (Å²) in [7, 11) is 4.00. The molecule has 1 saturated heterocycles. The highest BCUT2D eigenvalue weighted by molar-refractivity contribution is 5.97. The Labute approximate surface area is 257 Å². The van der Waals surface area contributed by atoms with Crippen molar-refractivity contribution in [3.05, 3.63) is 113 Å². The molecule has 0 unspecified atom stereocenters. The Bertz CT molecular complexity index is 1730. The van der Waals surface area contributed by atoms with Gasteiger partial charge in [0.2, 0.25) is 0 Å². The number of aryl methyl sites for hydroxylation is 1. The van der Waals surface area contributed by atoms with Crippen LogP contribution in [0.2, 0.25) is 0 Å². The summed E-state index contributed by atoms with van der Waals surface area (Å²) in [5, 5.41) is 10.4. The smallest absolute Gasteiger partial charge is 0.255 e. The molecule has 0 aliphatic carbocycles. The number of likely N-dealkylation sites (N-methyl/N-ethyl adjacent to an activating group) is 1. The summed E-state index contributed by atoms with van der Waals surface area (Å²) >= 11 is 0. The fourth-order valence-electron chi connectivity index (χ4n) is 5.56. The van der Waals surface area contributed by atoms with Gasteiger partial charge in [-0.05, 0) is 48.5 Å². The highest BCUT2D eigenvalue weighted by atomic mass is 16.2. The molecule has 0 bridgehead atoms. The quantitative estimate of drug-likeness (QED) is 0.259. The first-order chi connectivity index (χ1) is 21.4. The maximum Gasteiger partial charge on any atom is 0.255 e. The van der Waals surface area contributed by atoms with E-state index in [2.05, 4.69) is 37.6 Å². The van der Waals surface area contributed by atoms with Crippen LogP contribution in [0.25, 0.3) is 16.7 Å². The van der Waals surface area contributed by atoms with Gasteiger partial charge in [-0.25, -0.2) is 4.98 Å². The summed E-state index contributed by atoms with van der Waals surface area (Å²) in [6.45, 7) is 6.04. The van der Waals surface area contributed by atoms with Gasteiger partial charge in [-0.1, -0.05) is 42.5 Å². The van der Waals surface area contributed by atoms with Crippen LogP contribution in [0.4, 0.5) is 0 Å². The maximum absolute atomic E-state index is 13.1. The van der Waals surface area contributed by atoms with Crippen molar-refractivity contribution in [2.45, 2.75) is 13.0 Å². The standard InChI is InChI=1S/C34H38N8O2/c1-39-16-18-41(19-17-39)15-14-35-33(43)27-10-13-30-32(21-27)42(24-37-30)28-11-8-26(9-12-28)22-36-34(44)29-23-38-40(2)31(29)20-25-6-4-3-5-7-25/h3-13,21,23-24H,14-20,22H2,1-2H3,(H,35,43)(H,36,44). The van der Waals surface area contributed by atoms with E-state index in [1.54, 1.807) is 17.2 Å². The zero-order valence-corrected chi connectivity index (χ0v) is 25.2. The first-order valence-electron chi connectivity index (χ1n) is 15.0. The average molecular weight is 591 g/mol. The molecule has 226 valence electrons. The fraction of sp³-hybridized carbons (Fsp3) is 0.294. The molecule has 0 spiro atoms. The lowest BCUT2D eigenvalue weighted by Crippen LogP contribution is -2.46. The first kappa shape index (κ1) is 29.3. The summed E-state index contributed by atoms with van der Waals surface area (Å²) in [6.07, 6.45) is 4.03. The van der Waals surface area contributed by atoms with Crippen LogP contribution in [-0.2, 0) is 20.0 Å². The Kier molecular flexibility index (Phi) is 8.81. The first-order valence-corrected chi connectivity index (χ1v) is 15.0. The Morgan fingerprint density at radius 2 is 1.61 bits per heavy atom. The molecule has 5 aromatic rings. The molecule has 3 aromatic carbocycles. The number of imidazole rings is 1. The third kappa shape index (κ3) is 6.72. The van der Waals surface area contributed by atoms with Crippen LogP contribution in [0.1, 0.15) is 37.5 Å². The van der Waals surface area contributed by atoms with Crippen molar-refractivity contribution >= 4 is 22.8 Å². The Hall–Kier alpha value is -4.80. The van der Waals surface area contributed by atoms with Crippen LogP contribution >= 0.6 is 0 Å². The number of rotatable bonds is 10. The van der Waals surface area contributed by atoms with Crippen LogP contribution in [0.3, 0.4) is 0 Å². The predicted octanol–water partition coefficient (Wildman–Crippen LogP) is 3.26. The van der Waals surface area contributed by atoms with E-state index in [1.807, 2.05) is 84.4 Å². The van der Waals surface area contributed by atoms with E-state index in [-0.39, 0.29) is 11.8 Å². The molecule has 0 radical (unpaired) electrons. The number of piperazine rings is 1. The average Bonchev–Trinajstić information content (AvgIpc) is 3.64. The molecule has 6 rings (SSSR count). The second-order valence-corrected chi connectivity index (χ2v) is 11.4. The molecule has 0 saturated carbocycles. The summed E-state index contributed by atoms with van der Waals surface area (Å²) in [5.41, 5.74) is 6.77. The number of carbonyl (C=O) groups is 2. The fourth-order valence-corrected chi connectivity index (χ4v) is 5.56. The van der Waals surface area contributed by atoms with Crippen molar-refractivity contribution in [3.63, 3.8) is 0 Å². The number of carbonyl (C=O) groups excluding carboxylic acids is 2. The topological polar surface area (TPSA) is 100 Å². The molecular weight excluding hydrogens is 552 g/mol. The summed E-state index contributed by atoms with van der Waals surface area (Å²) in [6, 6.07) is 23.6. The van der Waals surface area contributed by atoms with Gasteiger partial charge in [0.25, 0.3) is 11.8 Å². The van der Waals surface area contributed by atoms with E-state index >= 15 is 0 Å². The highest BCUT2D eigenvalue weighted by Crippen LogP contribution is 2.21. The minimum atomic E-state index is -0.150. The van der Waals surface area contributed by atoms with E-state index in [9.17, 15) is 9.59 Å². The number of nitrogens with one attached hydrogen (secondary N) is 2. The van der Waals surface area contributed by atoms with Crippen molar-refractivity contribution in [1.82, 2.24) is 39.8 Å². The van der Waals surface area contributed by atoms with Crippen LogP contribution in [-0.4, -0.2) is 87.3 Å². The second-order valence-electron chi connectivity index (χ2n) is 11.4.